The fraction of sp³-hybridized carbons (Fsp3) is 0.421. The molecule has 4 rings (SSSR count). The summed E-state index contributed by atoms with van der Waals surface area (Å²) in [4.78, 5) is 12.8. The van der Waals surface area contributed by atoms with E-state index in [0.717, 1.165) is 5.56 Å². The molecule has 1 unspecified atom stereocenters. The first kappa shape index (κ1) is 19.6. The van der Waals surface area contributed by atoms with Crippen molar-refractivity contribution in [3.63, 3.8) is 0 Å². The Hall–Kier alpha value is -2.72. The molecule has 3 aromatic rings. The SMILES string of the molecule is Cc1noc(C)c1S(=O)(=O)N1CCCC1c1nn(C)c(=O)n1Cc1ccccc1. The number of nitrogens with zero attached hydrogens (tertiary/aromatic N) is 5. The van der Waals surface area contributed by atoms with Crippen molar-refractivity contribution in [1.29, 1.82) is 0 Å². The third-order valence-electron chi connectivity index (χ3n) is 5.26. The van der Waals surface area contributed by atoms with Crippen molar-refractivity contribution in [1.82, 2.24) is 23.8 Å². The Labute approximate surface area is 168 Å². The Bertz CT molecular complexity index is 1170. The summed E-state index contributed by atoms with van der Waals surface area (Å²) in [5, 5.41) is 8.19. The molecule has 0 spiro atoms. The lowest BCUT2D eigenvalue weighted by molar-refractivity contribution is 0.369. The molecule has 154 valence electrons. The molecule has 0 aliphatic carbocycles. The van der Waals surface area contributed by atoms with Gasteiger partial charge in [0.2, 0.25) is 10.0 Å². The zero-order valence-electron chi connectivity index (χ0n) is 16.6. The minimum absolute atomic E-state index is 0.0947. The van der Waals surface area contributed by atoms with E-state index in [1.807, 2.05) is 30.3 Å². The summed E-state index contributed by atoms with van der Waals surface area (Å²) in [5.74, 6) is 0.713. The molecule has 0 N–H and O–H groups in total. The van der Waals surface area contributed by atoms with Gasteiger partial charge in [-0.15, -0.1) is 0 Å². The maximum Gasteiger partial charge on any atom is 0.346 e. The topological polar surface area (TPSA) is 103 Å². The van der Waals surface area contributed by atoms with Crippen molar-refractivity contribution < 1.29 is 12.9 Å². The average molecular weight is 417 g/mol. The second-order valence-corrected chi connectivity index (χ2v) is 9.09. The van der Waals surface area contributed by atoms with E-state index in [1.54, 1.807) is 25.5 Å². The lowest BCUT2D eigenvalue weighted by Gasteiger charge is -2.23. The van der Waals surface area contributed by atoms with Gasteiger partial charge in [-0.2, -0.15) is 9.40 Å². The van der Waals surface area contributed by atoms with Crippen molar-refractivity contribution >= 4 is 10.0 Å². The number of sulfonamides is 1. The molecule has 0 saturated carbocycles. The standard InChI is InChI=1S/C19H23N5O4S/c1-13-17(14(2)28-21-13)29(26,27)24-11-7-10-16(24)18-20-22(3)19(25)23(18)12-15-8-5-4-6-9-15/h4-6,8-9,16H,7,10-12H2,1-3H3. The van der Waals surface area contributed by atoms with Gasteiger partial charge in [0.1, 0.15) is 10.6 Å². The molecule has 0 radical (unpaired) electrons. The van der Waals surface area contributed by atoms with Crippen LogP contribution < -0.4 is 5.69 Å². The maximum absolute atomic E-state index is 13.4. The van der Waals surface area contributed by atoms with Crippen LogP contribution in [0.4, 0.5) is 0 Å². The summed E-state index contributed by atoms with van der Waals surface area (Å²) in [5.41, 5.74) is 1.00. The highest BCUT2D eigenvalue weighted by Gasteiger charge is 2.41. The van der Waals surface area contributed by atoms with E-state index in [4.69, 9.17) is 4.52 Å². The summed E-state index contributed by atoms with van der Waals surface area (Å²) >= 11 is 0. The highest BCUT2D eigenvalue weighted by atomic mass is 32.2. The van der Waals surface area contributed by atoms with Gasteiger partial charge in [-0.3, -0.25) is 4.57 Å². The van der Waals surface area contributed by atoms with Crippen molar-refractivity contribution in [3.05, 3.63) is 63.7 Å². The zero-order chi connectivity index (χ0) is 20.8. The van der Waals surface area contributed by atoms with Gasteiger partial charge in [-0.1, -0.05) is 35.5 Å². The van der Waals surface area contributed by atoms with E-state index >= 15 is 0 Å². The molecule has 1 saturated heterocycles. The minimum Gasteiger partial charge on any atom is -0.360 e. The fourth-order valence-corrected chi connectivity index (χ4v) is 5.88. The van der Waals surface area contributed by atoms with Crippen molar-refractivity contribution in [2.45, 2.75) is 44.2 Å². The van der Waals surface area contributed by atoms with Crippen LogP contribution in [0.1, 0.15) is 41.7 Å². The monoisotopic (exact) mass is 417 g/mol. The number of rotatable bonds is 5. The molecule has 2 aromatic heterocycles. The minimum atomic E-state index is -3.83. The number of aromatic nitrogens is 4. The van der Waals surface area contributed by atoms with Gasteiger partial charge < -0.3 is 4.52 Å². The summed E-state index contributed by atoms with van der Waals surface area (Å²) in [6, 6.07) is 9.05. The van der Waals surface area contributed by atoms with Crippen LogP contribution in [0.15, 0.2) is 44.5 Å². The number of hydrogen-bond donors (Lipinski definition) is 0. The second kappa shape index (κ2) is 7.27. The average Bonchev–Trinajstić information content (AvgIpc) is 3.37. The summed E-state index contributed by atoms with van der Waals surface area (Å²) in [7, 11) is -2.26. The molecule has 9 nitrogen and oxygen atoms in total. The quantitative estimate of drug-likeness (QED) is 0.627. The third-order valence-corrected chi connectivity index (χ3v) is 7.41. The summed E-state index contributed by atoms with van der Waals surface area (Å²) < 4.78 is 36.1. The van der Waals surface area contributed by atoms with Crippen LogP contribution >= 0.6 is 0 Å². The van der Waals surface area contributed by atoms with E-state index in [-0.39, 0.29) is 16.3 Å². The summed E-state index contributed by atoms with van der Waals surface area (Å²) in [6.45, 7) is 3.89. The zero-order valence-corrected chi connectivity index (χ0v) is 17.4. The molecule has 3 heterocycles. The molecule has 0 amide bonds. The van der Waals surface area contributed by atoms with E-state index in [0.29, 0.717) is 37.4 Å². The van der Waals surface area contributed by atoms with E-state index in [2.05, 4.69) is 10.3 Å². The Morgan fingerprint density at radius 1 is 1.21 bits per heavy atom. The van der Waals surface area contributed by atoms with Gasteiger partial charge >= 0.3 is 5.69 Å². The van der Waals surface area contributed by atoms with Crippen molar-refractivity contribution in [3.8, 4) is 0 Å². The van der Waals surface area contributed by atoms with Gasteiger partial charge in [0.15, 0.2) is 11.6 Å². The Kier molecular flexibility index (Phi) is 4.91. The van der Waals surface area contributed by atoms with Crippen molar-refractivity contribution in [2.75, 3.05) is 6.54 Å². The van der Waals surface area contributed by atoms with Gasteiger partial charge in [0, 0.05) is 13.6 Å². The van der Waals surface area contributed by atoms with Gasteiger partial charge in [-0.25, -0.2) is 17.9 Å². The Morgan fingerprint density at radius 3 is 2.59 bits per heavy atom. The van der Waals surface area contributed by atoms with Gasteiger partial charge in [0.05, 0.1) is 12.6 Å². The van der Waals surface area contributed by atoms with E-state index in [1.165, 1.54) is 8.99 Å². The lowest BCUT2D eigenvalue weighted by Crippen LogP contribution is -2.33. The number of aryl methyl sites for hydroxylation is 3. The molecule has 1 aromatic carbocycles. The number of benzene rings is 1. The fourth-order valence-electron chi connectivity index (χ4n) is 3.93. The molecule has 10 heteroatoms. The highest BCUT2D eigenvalue weighted by Crippen LogP contribution is 2.37. The first-order valence-corrected chi connectivity index (χ1v) is 10.9. The van der Waals surface area contributed by atoms with Crippen LogP contribution in [0.3, 0.4) is 0 Å². The highest BCUT2D eigenvalue weighted by molar-refractivity contribution is 7.89. The molecule has 1 aliphatic rings. The van der Waals surface area contributed by atoms with Crippen LogP contribution in [0.2, 0.25) is 0 Å². The van der Waals surface area contributed by atoms with Gasteiger partial charge in [-0.05, 0) is 32.3 Å². The maximum atomic E-state index is 13.4. The Morgan fingerprint density at radius 2 is 1.93 bits per heavy atom. The van der Waals surface area contributed by atoms with Gasteiger partial charge in [0.25, 0.3) is 0 Å². The van der Waals surface area contributed by atoms with E-state index in [9.17, 15) is 13.2 Å². The molecule has 29 heavy (non-hydrogen) atoms. The smallest absolute Gasteiger partial charge is 0.346 e. The molecular formula is C19H23N5O4S. The molecule has 1 fully saturated rings. The lowest BCUT2D eigenvalue weighted by atomic mass is 10.2. The first-order chi connectivity index (χ1) is 13.8. The van der Waals surface area contributed by atoms with Crippen molar-refractivity contribution in [2.24, 2.45) is 7.05 Å². The van der Waals surface area contributed by atoms with Crippen LogP contribution in [0.5, 0.6) is 0 Å². The van der Waals surface area contributed by atoms with Crippen LogP contribution in [0.25, 0.3) is 0 Å². The molecule has 0 bridgehead atoms. The van der Waals surface area contributed by atoms with E-state index < -0.39 is 16.1 Å². The Balaban J connectivity index is 1.77. The largest absolute Gasteiger partial charge is 0.360 e. The molecular weight excluding hydrogens is 394 g/mol. The van der Waals surface area contributed by atoms with Crippen LogP contribution in [-0.2, 0) is 23.6 Å². The third kappa shape index (κ3) is 3.32. The second-order valence-electron chi connectivity index (χ2n) is 7.26. The number of hydrogen-bond acceptors (Lipinski definition) is 6. The normalized spacial score (nSPS) is 17.8. The predicted octanol–water partition coefficient (Wildman–Crippen LogP) is 1.76. The molecule has 1 aliphatic heterocycles. The summed E-state index contributed by atoms with van der Waals surface area (Å²) in [6.07, 6.45) is 1.28. The van der Waals surface area contributed by atoms with Crippen LogP contribution in [0, 0.1) is 13.8 Å². The molecule has 1 atom stereocenters. The predicted molar refractivity (Wildman–Crippen MR) is 105 cm³/mol. The first-order valence-electron chi connectivity index (χ1n) is 9.43. The van der Waals surface area contributed by atoms with Crippen LogP contribution in [-0.4, -0.2) is 38.8 Å².